The van der Waals surface area contributed by atoms with Crippen LogP contribution in [0.15, 0.2) is 0 Å². The first-order valence-corrected chi connectivity index (χ1v) is 5.95. The first-order valence-electron chi connectivity index (χ1n) is 5.95. The Bertz CT molecular complexity index is 254. The fraction of sp³-hybridized carbons (Fsp3) is 0.909. The summed E-state index contributed by atoms with van der Waals surface area (Å²) in [4.78, 5) is 11.9. The molecular weight excluding hydrogens is 233 g/mol. The van der Waals surface area contributed by atoms with Gasteiger partial charge in [0.15, 0.2) is 0 Å². The number of amides is 1. The minimum absolute atomic E-state index is 0.469. The van der Waals surface area contributed by atoms with E-state index in [0.717, 1.165) is 19.4 Å². The first kappa shape index (κ1) is 14.3. The normalized spacial score (nSPS) is 25.6. The van der Waals surface area contributed by atoms with Gasteiger partial charge in [-0.1, -0.05) is 13.3 Å². The maximum atomic E-state index is 12.1. The van der Waals surface area contributed by atoms with E-state index in [1.54, 1.807) is 0 Å². The third-order valence-corrected chi connectivity index (χ3v) is 3.13. The van der Waals surface area contributed by atoms with E-state index in [1.807, 2.05) is 12.2 Å². The van der Waals surface area contributed by atoms with Crippen molar-refractivity contribution in [3.8, 4) is 0 Å². The van der Waals surface area contributed by atoms with Crippen LogP contribution in [-0.4, -0.2) is 31.7 Å². The number of carbonyl (C=O) groups is 1. The predicted molar refractivity (Wildman–Crippen MR) is 58.5 cm³/mol. The van der Waals surface area contributed by atoms with E-state index in [9.17, 15) is 18.0 Å². The maximum absolute atomic E-state index is 12.1. The monoisotopic (exact) mass is 252 g/mol. The van der Waals surface area contributed by atoms with Gasteiger partial charge in [-0.3, -0.25) is 4.79 Å². The maximum Gasteiger partial charge on any atom is 0.405 e. The van der Waals surface area contributed by atoms with Gasteiger partial charge < -0.3 is 10.6 Å². The van der Waals surface area contributed by atoms with Gasteiger partial charge in [0.05, 0.1) is 5.41 Å². The predicted octanol–water partition coefficient (Wildman–Crippen LogP) is 1.83. The molecule has 3 nitrogen and oxygen atoms in total. The summed E-state index contributed by atoms with van der Waals surface area (Å²) in [6.07, 6.45) is -1.42. The SMILES string of the molecule is CCCC1(C(=O)NCC(F)(F)F)CCCNC1. The third-order valence-electron chi connectivity index (χ3n) is 3.13. The molecule has 100 valence electrons. The molecule has 1 heterocycles. The topological polar surface area (TPSA) is 41.1 Å². The Hall–Kier alpha value is -0.780. The molecule has 0 aliphatic carbocycles. The Labute approximate surface area is 99.1 Å². The van der Waals surface area contributed by atoms with Gasteiger partial charge in [0.2, 0.25) is 5.91 Å². The molecule has 1 atom stereocenters. The second kappa shape index (κ2) is 5.71. The van der Waals surface area contributed by atoms with Crippen molar-refractivity contribution in [3.05, 3.63) is 0 Å². The van der Waals surface area contributed by atoms with E-state index >= 15 is 0 Å². The zero-order chi connectivity index (χ0) is 12.9. The highest BCUT2D eigenvalue weighted by molar-refractivity contribution is 5.83. The number of piperidine rings is 1. The molecule has 0 aromatic rings. The highest BCUT2D eigenvalue weighted by Gasteiger charge is 2.40. The van der Waals surface area contributed by atoms with Crippen molar-refractivity contribution in [2.45, 2.75) is 38.8 Å². The Morgan fingerprint density at radius 3 is 2.65 bits per heavy atom. The number of halogens is 3. The molecule has 1 aliphatic heterocycles. The molecule has 6 heteroatoms. The molecule has 1 unspecified atom stereocenters. The van der Waals surface area contributed by atoms with Gasteiger partial charge in [-0.05, 0) is 25.8 Å². The van der Waals surface area contributed by atoms with Crippen LogP contribution in [0.25, 0.3) is 0 Å². The first-order chi connectivity index (χ1) is 7.90. The van der Waals surface area contributed by atoms with Crippen molar-refractivity contribution < 1.29 is 18.0 Å². The van der Waals surface area contributed by atoms with Crippen LogP contribution in [-0.2, 0) is 4.79 Å². The Kier molecular flexibility index (Phi) is 4.80. The number of alkyl halides is 3. The van der Waals surface area contributed by atoms with Crippen LogP contribution in [0.4, 0.5) is 13.2 Å². The quantitative estimate of drug-likeness (QED) is 0.801. The summed E-state index contributed by atoms with van der Waals surface area (Å²) in [6, 6.07) is 0. The summed E-state index contributed by atoms with van der Waals surface area (Å²) < 4.78 is 36.2. The molecule has 0 aromatic heterocycles. The average molecular weight is 252 g/mol. The van der Waals surface area contributed by atoms with E-state index in [4.69, 9.17) is 0 Å². The lowest BCUT2D eigenvalue weighted by Crippen LogP contribution is -2.52. The molecule has 2 N–H and O–H groups in total. The Morgan fingerprint density at radius 1 is 1.47 bits per heavy atom. The fourth-order valence-corrected chi connectivity index (χ4v) is 2.34. The molecule has 0 saturated carbocycles. The molecule has 0 radical (unpaired) electrons. The second-order valence-electron chi connectivity index (χ2n) is 4.61. The van der Waals surface area contributed by atoms with Crippen LogP contribution < -0.4 is 10.6 Å². The highest BCUT2D eigenvalue weighted by Crippen LogP contribution is 2.32. The van der Waals surface area contributed by atoms with Crippen molar-refractivity contribution in [2.24, 2.45) is 5.41 Å². The van der Waals surface area contributed by atoms with Crippen molar-refractivity contribution in [3.63, 3.8) is 0 Å². The van der Waals surface area contributed by atoms with Crippen LogP contribution in [0.3, 0.4) is 0 Å². The molecule has 1 rings (SSSR count). The summed E-state index contributed by atoms with van der Waals surface area (Å²) in [7, 11) is 0. The minimum Gasteiger partial charge on any atom is -0.346 e. The van der Waals surface area contributed by atoms with Gasteiger partial charge in [0.1, 0.15) is 6.54 Å². The van der Waals surface area contributed by atoms with Gasteiger partial charge in [0.25, 0.3) is 0 Å². The van der Waals surface area contributed by atoms with Gasteiger partial charge in [-0.2, -0.15) is 13.2 Å². The van der Waals surface area contributed by atoms with Gasteiger partial charge in [-0.15, -0.1) is 0 Å². The molecule has 1 aliphatic rings. The molecule has 0 bridgehead atoms. The van der Waals surface area contributed by atoms with Crippen LogP contribution in [0.2, 0.25) is 0 Å². The van der Waals surface area contributed by atoms with Crippen molar-refractivity contribution in [2.75, 3.05) is 19.6 Å². The smallest absolute Gasteiger partial charge is 0.346 e. The lowest BCUT2D eigenvalue weighted by Gasteiger charge is -2.36. The summed E-state index contributed by atoms with van der Waals surface area (Å²) >= 11 is 0. The summed E-state index contributed by atoms with van der Waals surface area (Å²) in [6.45, 7) is 2.01. The minimum atomic E-state index is -4.34. The molecule has 1 saturated heterocycles. The van der Waals surface area contributed by atoms with E-state index < -0.39 is 24.0 Å². The molecule has 17 heavy (non-hydrogen) atoms. The van der Waals surface area contributed by atoms with Crippen molar-refractivity contribution in [1.29, 1.82) is 0 Å². The largest absolute Gasteiger partial charge is 0.405 e. The summed E-state index contributed by atoms with van der Waals surface area (Å²) in [5.74, 6) is -0.469. The summed E-state index contributed by atoms with van der Waals surface area (Å²) in [5.41, 5.74) is -0.655. The van der Waals surface area contributed by atoms with Gasteiger partial charge in [-0.25, -0.2) is 0 Å². The number of carbonyl (C=O) groups excluding carboxylic acids is 1. The fourth-order valence-electron chi connectivity index (χ4n) is 2.34. The molecule has 1 amide bonds. The van der Waals surface area contributed by atoms with E-state index in [-0.39, 0.29) is 0 Å². The second-order valence-corrected chi connectivity index (χ2v) is 4.61. The number of hydrogen-bond acceptors (Lipinski definition) is 2. The average Bonchev–Trinajstić information content (AvgIpc) is 2.26. The van der Waals surface area contributed by atoms with E-state index in [2.05, 4.69) is 5.32 Å². The van der Waals surface area contributed by atoms with Crippen LogP contribution in [0, 0.1) is 5.41 Å². The molecular formula is C11H19F3N2O. The van der Waals surface area contributed by atoms with E-state index in [0.29, 0.717) is 19.4 Å². The van der Waals surface area contributed by atoms with Crippen LogP contribution >= 0.6 is 0 Å². The lowest BCUT2D eigenvalue weighted by molar-refractivity contribution is -0.145. The standard InChI is InChI=1S/C11H19F3N2O/c1-2-4-10(5-3-6-15-7-10)9(17)16-8-11(12,13)14/h15H,2-8H2,1H3,(H,16,17). The zero-order valence-corrected chi connectivity index (χ0v) is 9.99. The van der Waals surface area contributed by atoms with E-state index in [1.165, 1.54) is 0 Å². The third kappa shape index (κ3) is 4.18. The highest BCUT2D eigenvalue weighted by atomic mass is 19.4. The number of rotatable bonds is 4. The molecule has 0 aromatic carbocycles. The van der Waals surface area contributed by atoms with Crippen molar-refractivity contribution >= 4 is 5.91 Å². The number of nitrogens with one attached hydrogen (secondary N) is 2. The lowest BCUT2D eigenvalue weighted by atomic mass is 9.76. The zero-order valence-electron chi connectivity index (χ0n) is 9.99. The van der Waals surface area contributed by atoms with Crippen LogP contribution in [0.1, 0.15) is 32.6 Å². The number of hydrogen-bond donors (Lipinski definition) is 2. The molecule has 1 fully saturated rings. The van der Waals surface area contributed by atoms with Crippen molar-refractivity contribution in [1.82, 2.24) is 10.6 Å². The Balaban J connectivity index is 2.60. The van der Waals surface area contributed by atoms with Gasteiger partial charge in [0, 0.05) is 6.54 Å². The summed E-state index contributed by atoms with van der Waals surface area (Å²) in [5, 5.41) is 5.11. The molecule has 0 spiro atoms. The van der Waals surface area contributed by atoms with Crippen LogP contribution in [0.5, 0.6) is 0 Å². The van der Waals surface area contributed by atoms with Gasteiger partial charge >= 0.3 is 6.18 Å². The Morgan fingerprint density at radius 2 is 2.18 bits per heavy atom.